The highest BCUT2D eigenvalue weighted by Crippen LogP contribution is 2.38. The summed E-state index contributed by atoms with van der Waals surface area (Å²) in [6, 6.07) is 13.2. The summed E-state index contributed by atoms with van der Waals surface area (Å²) in [6.45, 7) is 6.52. The highest BCUT2D eigenvalue weighted by Gasteiger charge is 2.37. The third-order valence-corrected chi connectivity index (χ3v) is 6.49. The first-order valence-corrected chi connectivity index (χ1v) is 12.3. The minimum Gasteiger partial charge on any atom is -0.495 e. The van der Waals surface area contributed by atoms with E-state index in [0.29, 0.717) is 29.5 Å². The number of nitrogens with one attached hydrogen (secondary N) is 1. The highest BCUT2D eigenvalue weighted by molar-refractivity contribution is 7.09. The Morgan fingerprint density at radius 1 is 1.11 bits per heavy atom. The van der Waals surface area contributed by atoms with E-state index in [2.05, 4.69) is 23.5 Å². The molecule has 1 atom stereocenters. The van der Waals surface area contributed by atoms with Crippen LogP contribution in [-0.4, -0.2) is 35.7 Å². The maximum absolute atomic E-state index is 14.1. The Morgan fingerprint density at radius 3 is 2.36 bits per heavy atom. The van der Waals surface area contributed by atoms with E-state index in [9.17, 15) is 14.4 Å². The molecule has 36 heavy (non-hydrogen) atoms. The number of ether oxygens (including phenoxy) is 1. The number of carbonyl (C=O) groups excluding carboxylic acids is 3. The van der Waals surface area contributed by atoms with Gasteiger partial charge in [-0.1, -0.05) is 55.8 Å². The van der Waals surface area contributed by atoms with Gasteiger partial charge in [-0.15, -0.1) is 0 Å². The van der Waals surface area contributed by atoms with Crippen molar-refractivity contribution in [3.05, 3.63) is 70.2 Å². The van der Waals surface area contributed by atoms with Crippen LogP contribution in [0.25, 0.3) is 0 Å². The normalized spacial score (nSPS) is 11.7. The van der Waals surface area contributed by atoms with Crippen molar-refractivity contribution in [1.29, 1.82) is 0 Å². The second kappa shape index (κ2) is 11.7. The lowest BCUT2D eigenvalue weighted by atomic mass is 10.0. The molecule has 0 aliphatic rings. The van der Waals surface area contributed by atoms with Crippen LogP contribution in [0.3, 0.4) is 0 Å². The van der Waals surface area contributed by atoms with Gasteiger partial charge < -0.3 is 21.5 Å². The predicted octanol–water partition coefficient (Wildman–Crippen LogP) is 3.69. The number of aromatic nitrogens is 1. The smallest absolute Gasteiger partial charge is 0.273 e. The Balaban J connectivity index is 2.20. The molecule has 0 radical (unpaired) electrons. The van der Waals surface area contributed by atoms with E-state index in [1.165, 1.54) is 12.0 Å². The van der Waals surface area contributed by atoms with Crippen LogP contribution in [0, 0.1) is 12.8 Å². The topological polar surface area (TPSA) is 141 Å². The molecular weight excluding hydrogens is 478 g/mol. The van der Waals surface area contributed by atoms with Gasteiger partial charge in [0, 0.05) is 6.54 Å². The fraction of sp³-hybridized carbons (Fsp3) is 0.308. The fourth-order valence-corrected chi connectivity index (χ4v) is 4.42. The van der Waals surface area contributed by atoms with Crippen LogP contribution < -0.4 is 26.4 Å². The molecule has 3 aromatic rings. The molecule has 0 bridgehead atoms. The Bertz CT molecular complexity index is 1240. The van der Waals surface area contributed by atoms with E-state index in [0.717, 1.165) is 23.5 Å². The largest absolute Gasteiger partial charge is 0.495 e. The van der Waals surface area contributed by atoms with Gasteiger partial charge in [-0.05, 0) is 48.5 Å². The zero-order chi connectivity index (χ0) is 26.4. The molecule has 10 heteroatoms. The average molecular weight is 510 g/mol. The van der Waals surface area contributed by atoms with Crippen molar-refractivity contribution >= 4 is 40.6 Å². The molecule has 5 N–H and O–H groups in total. The number of hydrogen-bond acceptors (Lipinski definition) is 7. The van der Waals surface area contributed by atoms with Gasteiger partial charge in [0.2, 0.25) is 5.91 Å². The number of nitrogens with two attached hydrogens (primary N) is 2. The maximum atomic E-state index is 14.1. The molecule has 0 spiro atoms. The summed E-state index contributed by atoms with van der Waals surface area (Å²) < 4.78 is 9.52. The van der Waals surface area contributed by atoms with E-state index in [-0.39, 0.29) is 22.2 Å². The molecule has 0 aliphatic heterocycles. The molecule has 0 saturated carbocycles. The molecule has 190 valence electrons. The van der Waals surface area contributed by atoms with Gasteiger partial charge in [-0.3, -0.25) is 19.3 Å². The summed E-state index contributed by atoms with van der Waals surface area (Å²) >= 11 is 0.758. The summed E-state index contributed by atoms with van der Waals surface area (Å²) in [4.78, 5) is 40.8. The van der Waals surface area contributed by atoms with Gasteiger partial charge in [0.15, 0.2) is 5.69 Å². The zero-order valence-electron chi connectivity index (χ0n) is 20.8. The lowest BCUT2D eigenvalue weighted by Gasteiger charge is -2.32. The molecule has 0 fully saturated rings. The molecule has 1 heterocycles. The first kappa shape index (κ1) is 26.7. The number of nitrogen functional groups attached to an aromatic ring is 1. The highest BCUT2D eigenvalue weighted by atomic mass is 32.1. The number of benzene rings is 2. The average Bonchev–Trinajstić information content (AvgIpc) is 3.24. The molecule has 3 rings (SSSR count). The number of aryl methyl sites for hydroxylation is 1. The van der Waals surface area contributed by atoms with Crippen molar-refractivity contribution in [2.24, 2.45) is 11.7 Å². The van der Waals surface area contributed by atoms with Crippen LogP contribution >= 0.6 is 11.5 Å². The molecule has 9 nitrogen and oxygen atoms in total. The number of primary amides is 1. The van der Waals surface area contributed by atoms with E-state index in [1.54, 1.807) is 24.3 Å². The SMILES string of the molecule is COc1ccccc1N(C(=O)c1snc(C(N)=O)c1N)[C@@H](C(=O)NCCC(C)C)c1ccc(C)cc1. The Morgan fingerprint density at radius 2 is 1.78 bits per heavy atom. The molecule has 0 unspecified atom stereocenters. The molecule has 1 aromatic heterocycles. The lowest BCUT2D eigenvalue weighted by molar-refractivity contribution is -0.122. The van der Waals surface area contributed by atoms with E-state index >= 15 is 0 Å². The fourth-order valence-electron chi connectivity index (χ4n) is 3.68. The number of para-hydroxylation sites is 2. The number of amides is 3. The van der Waals surface area contributed by atoms with Gasteiger partial charge in [0.1, 0.15) is 16.7 Å². The van der Waals surface area contributed by atoms with E-state index in [4.69, 9.17) is 16.2 Å². The van der Waals surface area contributed by atoms with Crippen LogP contribution in [0.4, 0.5) is 11.4 Å². The van der Waals surface area contributed by atoms with Crippen LogP contribution in [0.2, 0.25) is 0 Å². The summed E-state index contributed by atoms with van der Waals surface area (Å²) in [5.41, 5.74) is 13.1. The standard InChI is InChI=1S/C26H31N5O4S/c1-15(2)13-14-29-25(33)22(17-11-9-16(3)10-12-17)31(18-7-5-6-8-19(18)35-4)26(34)23-20(27)21(24(28)32)30-36-23/h5-12,15,22H,13-14,27H2,1-4H3,(H2,28,32)(H,29,33)/t22-/m1/s1. The third kappa shape index (κ3) is 5.83. The monoisotopic (exact) mass is 509 g/mol. The van der Waals surface area contributed by atoms with E-state index in [1.807, 2.05) is 31.2 Å². The lowest BCUT2D eigenvalue weighted by Crippen LogP contribution is -2.44. The van der Waals surface area contributed by atoms with Crippen LogP contribution in [0.5, 0.6) is 5.75 Å². The number of rotatable bonds is 10. The molecule has 3 amide bonds. The van der Waals surface area contributed by atoms with Crippen LogP contribution in [0.1, 0.15) is 57.6 Å². The Hall–Kier alpha value is -3.92. The quantitative estimate of drug-likeness (QED) is 0.381. The molecular formula is C26H31N5O4S. The summed E-state index contributed by atoms with van der Waals surface area (Å²) in [6.07, 6.45) is 0.777. The number of nitrogens with zero attached hydrogens (tertiary/aromatic N) is 2. The van der Waals surface area contributed by atoms with Crippen LogP contribution in [0.15, 0.2) is 48.5 Å². The van der Waals surface area contributed by atoms with Gasteiger partial charge in [-0.2, -0.15) is 4.37 Å². The summed E-state index contributed by atoms with van der Waals surface area (Å²) in [7, 11) is 1.48. The molecule has 0 aliphatic carbocycles. The number of anilines is 2. The minimum absolute atomic E-state index is 0.00167. The Labute approximate surface area is 214 Å². The first-order valence-electron chi connectivity index (χ1n) is 11.5. The summed E-state index contributed by atoms with van der Waals surface area (Å²) in [5.74, 6) is -1.04. The van der Waals surface area contributed by atoms with Crippen molar-refractivity contribution in [2.75, 3.05) is 24.3 Å². The number of hydrogen-bond donors (Lipinski definition) is 3. The minimum atomic E-state index is -1.06. The van der Waals surface area contributed by atoms with Crippen LogP contribution in [-0.2, 0) is 4.79 Å². The number of carbonyl (C=O) groups is 3. The third-order valence-electron chi connectivity index (χ3n) is 5.64. The van der Waals surface area contributed by atoms with Crippen molar-refractivity contribution in [3.63, 3.8) is 0 Å². The molecule has 2 aromatic carbocycles. The number of methoxy groups -OCH3 is 1. The second-order valence-electron chi connectivity index (χ2n) is 8.77. The summed E-state index contributed by atoms with van der Waals surface area (Å²) in [5, 5.41) is 2.97. The second-order valence-corrected chi connectivity index (χ2v) is 9.55. The predicted molar refractivity (Wildman–Crippen MR) is 141 cm³/mol. The van der Waals surface area contributed by atoms with Gasteiger partial charge >= 0.3 is 0 Å². The maximum Gasteiger partial charge on any atom is 0.273 e. The van der Waals surface area contributed by atoms with Crippen molar-refractivity contribution in [2.45, 2.75) is 33.2 Å². The molecule has 0 saturated heterocycles. The Kier molecular flexibility index (Phi) is 8.65. The van der Waals surface area contributed by atoms with Crippen molar-refractivity contribution in [3.8, 4) is 5.75 Å². The van der Waals surface area contributed by atoms with Gasteiger partial charge in [0.05, 0.1) is 18.5 Å². The van der Waals surface area contributed by atoms with Gasteiger partial charge in [0.25, 0.3) is 11.8 Å². The van der Waals surface area contributed by atoms with Crippen molar-refractivity contribution < 1.29 is 19.1 Å². The van der Waals surface area contributed by atoms with Crippen molar-refractivity contribution in [1.82, 2.24) is 9.69 Å². The van der Waals surface area contributed by atoms with E-state index < -0.39 is 17.9 Å². The van der Waals surface area contributed by atoms with Gasteiger partial charge in [-0.25, -0.2) is 0 Å². The zero-order valence-corrected chi connectivity index (χ0v) is 21.6. The first-order chi connectivity index (χ1) is 17.1.